The first-order valence-corrected chi connectivity index (χ1v) is 4.18. The van der Waals surface area contributed by atoms with Crippen molar-refractivity contribution in [2.24, 2.45) is 0 Å². The highest BCUT2D eigenvalue weighted by Gasteiger charge is 2.06. The molecule has 0 aliphatic rings. The van der Waals surface area contributed by atoms with Crippen molar-refractivity contribution < 1.29 is 17.9 Å². The lowest BCUT2D eigenvalue weighted by Crippen LogP contribution is -2.05. The maximum absolute atomic E-state index is 13.1. The van der Waals surface area contributed by atoms with E-state index in [1.165, 1.54) is 12.1 Å². The molecular formula is C10H8F3NO. The Morgan fingerprint density at radius 2 is 2.13 bits per heavy atom. The first-order valence-electron chi connectivity index (χ1n) is 4.18. The molecule has 0 atom stereocenters. The molecule has 0 aliphatic heterocycles. The number of benzene rings is 1. The van der Waals surface area contributed by atoms with E-state index in [0.29, 0.717) is 0 Å². The third-order valence-corrected chi connectivity index (χ3v) is 1.68. The Labute approximate surface area is 84.9 Å². The highest BCUT2D eigenvalue weighted by atomic mass is 19.3. The molecule has 80 valence electrons. The predicted octanol–water partition coefficient (Wildman–Crippen LogP) is 2.48. The second kappa shape index (κ2) is 5.37. The summed E-state index contributed by atoms with van der Waals surface area (Å²) in [4.78, 5) is 0. The molecule has 0 bridgehead atoms. The van der Waals surface area contributed by atoms with Crippen LogP contribution in [0.2, 0.25) is 0 Å². The standard InChI is InChI=1S/C10H8F3NO/c11-9-2-1-7(4-14)3-8(9)5-15-6-10(12)13/h1-3,10H,5-6H2. The fourth-order valence-electron chi connectivity index (χ4n) is 1.01. The van der Waals surface area contributed by atoms with Gasteiger partial charge in [-0.1, -0.05) is 0 Å². The predicted molar refractivity (Wildman–Crippen MR) is 46.8 cm³/mol. The Morgan fingerprint density at radius 3 is 2.73 bits per heavy atom. The Bertz CT molecular complexity index is 373. The molecule has 1 aromatic carbocycles. The van der Waals surface area contributed by atoms with Crippen LogP contribution in [-0.4, -0.2) is 13.0 Å². The summed E-state index contributed by atoms with van der Waals surface area (Å²) < 4.78 is 41.0. The van der Waals surface area contributed by atoms with E-state index in [1.54, 1.807) is 0 Å². The molecule has 0 unspecified atom stereocenters. The summed E-state index contributed by atoms with van der Waals surface area (Å²) in [6, 6.07) is 5.52. The monoisotopic (exact) mass is 215 g/mol. The highest BCUT2D eigenvalue weighted by molar-refractivity contribution is 5.33. The topological polar surface area (TPSA) is 33.0 Å². The van der Waals surface area contributed by atoms with Crippen molar-refractivity contribution in [3.63, 3.8) is 0 Å². The SMILES string of the molecule is N#Cc1ccc(F)c(COCC(F)F)c1. The van der Waals surface area contributed by atoms with E-state index in [1.807, 2.05) is 6.07 Å². The average molecular weight is 215 g/mol. The molecule has 1 rings (SSSR count). The number of hydrogen-bond acceptors (Lipinski definition) is 2. The second-order valence-corrected chi connectivity index (χ2v) is 2.82. The second-order valence-electron chi connectivity index (χ2n) is 2.82. The maximum atomic E-state index is 13.1. The van der Waals surface area contributed by atoms with Gasteiger partial charge in [-0.3, -0.25) is 0 Å². The average Bonchev–Trinajstić information content (AvgIpc) is 2.20. The maximum Gasteiger partial charge on any atom is 0.261 e. The number of alkyl halides is 2. The van der Waals surface area contributed by atoms with Crippen LogP contribution >= 0.6 is 0 Å². The smallest absolute Gasteiger partial charge is 0.261 e. The minimum absolute atomic E-state index is 0.106. The van der Waals surface area contributed by atoms with Crippen LogP contribution in [0.4, 0.5) is 13.2 Å². The molecule has 0 heterocycles. The zero-order valence-electron chi connectivity index (χ0n) is 7.71. The highest BCUT2D eigenvalue weighted by Crippen LogP contribution is 2.11. The molecule has 2 nitrogen and oxygen atoms in total. The van der Waals surface area contributed by atoms with Crippen molar-refractivity contribution in [1.29, 1.82) is 5.26 Å². The number of nitrogens with zero attached hydrogens (tertiary/aromatic N) is 1. The van der Waals surface area contributed by atoms with Crippen molar-refractivity contribution in [2.45, 2.75) is 13.0 Å². The Balaban J connectivity index is 2.64. The van der Waals surface area contributed by atoms with E-state index in [2.05, 4.69) is 4.74 Å². The van der Waals surface area contributed by atoms with Crippen molar-refractivity contribution in [2.75, 3.05) is 6.61 Å². The van der Waals surface area contributed by atoms with Gasteiger partial charge in [0.2, 0.25) is 0 Å². The lowest BCUT2D eigenvalue weighted by Gasteiger charge is -2.04. The Kier molecular flexibility index (Phi) is 4.13. The van der Waals surface area contributed by atoms with Crippen molar-refractivity contribution in [1.82, 2.24) is 0 Å². The number of rotatable bonds is 4. The fourth-order valence-corrected chi connectivity index (χ4v) is 1.01. The summed E-state index contributed by atoms with van der Waals surface area (Å²) in [5.74, 6) is -0.566. The van der Waals surface area contributed by atoms with Crippen molar-refractivity contribution >= 4 is 0 Å². The third kappa shape index (κ3) is 3.60. The molecule has 1 aromatic rings. The summed E-state index contributed by atoms with van der Waals surface area (Å²) in [6.45, 7) is -0.998. The molecular weight excluding hydrogens is 207 g/mol. The van der Waals surface area contributed by atoms with E-state index in [-0.39, 0.29) is 17.7 Å². The molecule has 0 aromatic heterocycles. The van der Waals surface area contributed by atoms with Gasteiger partial charge < -0.3 is 4.74 Å². The zero-order valence-corrected chi connectivity index (χ0v) is 7.71. The van der Waals surface area contributed by atoms with Gasteiger partial charge in [0, 0.05) is 5.56 Å². The van der Waals surface area contributed by atoms with Crippen LogP contribution < -0.4 is 0 Å². The van der Waals surface area contributed by atoms with Crippen LogP contribution in [0.15, 0.2) is 18.2 Å². The van der Waals surface area contributed by atoms with Crippen LogP contribution in [0.5, 0.6) is 0 Å². The van der Waals surface area contributed by atoms with Crippen LogP contribution in [-0.2, 0) is 11.3 Å². The van der Waals surface area contributed by atoms with Crippen LogP contribution in [0.1, 0.15) is 11.1 Å². The first-order chi connectivity index (χ1) is 7.13. The molecule has 0 radical (unpaired) electrons. The minimum Gasteiger partial charge on any atom is -0.371 e. The van der Waals surface area contributed by atoms with Crippen LogP contribution in [0, 0.1) is 17.1 Å². The molecule has 0 saturated heterocycles. The Hall–Kier alpha value is -1.54. The summed E-state index contributed by atoms with van der Waals surface area (Å²) in [5.41, 5.74) is 0.377. The van der Waals surface area contributed by atoms with Gasteiger partial charge in [0.1, 0.15) is 12.4 Å². The number of halogens is 3. The van der Waals surface area contributed by atoms with E-state index in [0.717, 1.165) is 6.07 Å². The van der Waals surface area contributed by atoms with Gasteiger partial charge in [0.05, 0.1) is 18.2 Å². The lowest BCUT2D eigenvalue weighted by molar-refractivity contribution is 0.00901. The normalized spacial score (nSPS) is 10.3. The van der Waals surface area contributed by atoms with Gasteiger partial charge in [-0.25, -0.2) is 13.2 Å². The lowest BCUT2D eigenvalue weighted by atomic mass is 10.1. The number of nitriles is 1. The Morgan fingerprint density at radius 1 is 1.40 bits per heavy atom. The van der Waals surface area contributed by atoms with Gasteiger partial charge in [0.15, 0.2) is 0 Å². The third-order valence-electron chi connectivity index (χ3n) is 1.68. The van der Waals surface area contributed by atoms with Gasteiger partial charge in [-0.05, 0) is 18.2 Å². The van der Waals surface area contributed by atoms with Gasteiger partial charge in [0.25, 0.3) is 6.43 Å². The quantitative estimate of drug-likeness (QED) is 0.772. The summed E-state index contributed by atoms with van der Waals surface area (Å²) in [5, 5.41) is 8.53. The van der Waals surface area contributed by atoms with Gasteiger partial charge >= 0.3 is 0 Å². The molecule has 5 heteroatoms. The summed E-state index contributed by atoms with van der Waals surface area (Å²) in [7, 11) is 0. The van der Waals surface area contributed by atoms with Gasteiger partial charge in [-0.15, -0.1) is 0 Å². The van der Waals surface area contributed by atoms with E-state index >= 15 is 0 Å². The van der Waals surface area contributed by atoms with Crippen LogP contribution in [0.25, 0.3) is 0 Å². The molecule has 0 fully saturated rings. The van der Waals surface area contributed by atoms with Crippen molar-refractivity contribution in [3.8, 4) is 6.07 Å². The first kappa shape index (κ1) is 11.5. The zero-order chi connectivity index (χ0) is 11.3. The minimum atomic E-state index is -2.58. The molecule has 0 N–H and O–H groups in total. The van der Waals surface area contributed by atoms with Crippen LogP contribution in [0.3, 0.4) is 0 Å². The van der Waals surface area contributed by atoms with Crippen molar-refractivity contribution in [3.05, 3.63) is 35.1 Å². The van der Waals surface area contributed by atoms with Gasteiger partial charge in [-0.2, -0.15) is 5.26 Å². The molecule has 15 heavy (non-hydrogen) atoms. The largest absolute Gasteiger partial charge is 0.371 e. The number of hydrogen-bond donors (Lipinski definition) is 0. The molecule has 0 spiro atoms. The van der Waals surface area contributed by atoms with E-state index in [4.69, 9.17) is 5.26 Å². The van der Waals surface area contributed by atoms with E-state index in [9.17, 15) is 13.2 Å². The summed E-state index contributed by atoms with van der Waals surface area (Å²) in [6.07, 6.45) is -2.58. The number of ether oxygens (including phenoxy) is 1. The van der Waals surface area contributed by atoms with E-state index < -0.39 is 18.8 Å². The summed E-state index contributed by atoms with van der Waals surface area (Å²) >= 11 is 0. The fraction of sp³-hybridized carbons (Fsp3) is 0.300. The molecule has 0 aliphatic carbocycles. The molecule has 0 amide bonds. The molecule has 0 saturated carbocycles.